The number of carbonyl (C=O) groups is 1. The van der Waals surface area contributed by atoms with E-state index >= 15 is 0 Å². The van der Waals surface area contributed by atoms with E-state index in [0.717, 1.165) is 10.1 Å². The molecule has 1 amide bonds. The molecular formula is C17H15FN4O2S2. The minimum absolute atomic E-state index is 0.173. The summed E-state index contributed by atoms with van der Waals surface area (Å²) in [6.07, 6.45) is 3.71. The first kappa shape index (κ1) is 18.3. The van der Waals surface area contributed by atoms with Crippen LogP contribution in [0.25, 0.3) is 11.3 Å². The fourth-order valence-corrected chi connectivity index (χ4v) is 3.59. The van der Waals surface area contributed by atoms with Gasteiger partial charge in [-0.15, -0.1) is 16.8 Å². The second kappa shape index (κ2) is 8.72. The average molecular weight is 390 g/mol. The zero-order valence-electron chi connectivity index (χ0n) is 13.6. The van der Waals surface area contributed by atoms with Crippen LogP contribution in [0.5, 0.6) is 0 Å². The lowest BCUT2D eigenvalue weighted by atomic mass is 10.2. The van der Waals surface area contributed by atoms with Crippen LogP contribution in [0.1, 0.15) is 12.3 Å². The number of nitrogens with one attached hydrogen (secondary N) is 1. The second-order valence-electron chi connectivity index (χ2n) is 5.12. The molecule has 0 radical (unpaired) electrons. The third-order valence-corrected chi connectivity index (χ3v) is 5.20. The molecular weight excluding hydrogens is 375 g/mol. The van der Waals surface area contributed by atoms with E-state index < -0.39 is 0 Å². The van der Waals surface area contributed by atoms with E-state index in [-0.39, 0.29) is 18.1 Å². The molecule has 26 heavy (non-hydrogen) atoms. The van der Waals surface area contributed by atoms with Crippen LogP contribution in [0.3, 0.4) is 0 Å². The van der Waals surface area contributed by atoms with Gasteiger partial charge >= 0.3 is 0 Å². The molecule has 0 saturated heterocycles. The van der Waals surface area contributed by atoms with Crippen molar-refractivity contribution < 1.29 is 13.6 Å². The minimum Gasteiger partial charge on any atom is -0.441 e. The Kier molecular flexibility index (Phi) is 6.13. The number of hydrogen-bond acceptors (Lipinski definition) is 7. The van der Waals surface area contributed by atoms with Crippen molar-refractivity contribution in [2.75, 3.05) is 11.1 Å². The lowest BCUT2D eigenvalue weighted by Crippen LogP contribution is -2.12. The van der Waals surface area contributed by atoms with Crippen LogP contribution >= 0.6 is 23.1 Å². The van der Waals surface area contributed by atoms with Gasteiger partial charge in [-0.2, -0.15) is 0 Å². The van der Waals surface area contributed by atoms with Crippen LogP contribution in [0.2, 0.25) is 0 Å². The number of benzene rings is 1. The summed E-state index contributed by atoms with van der Waals surface area (Å²) >= 11 is 2.81. The van der Waals surface area contributed by atoms with Crippen molar-refractivity contribution in [1.29, 1.82) is 0 Å². The van der Waals surface area contributed by atoms with E-state index in [4.69, 9.17) is 4.42 Å². The Bertz CT molecular complexity index is 910. The molecule has 3 aromatic rings. The van der Waals surface area contributed by atoms with Crippen molar-refractivity contribution >= 4 is 34.1 Å². The lowest BCUT2D eigenvalue weighted by molar-refractivity contribution is -0.116. The molecule has 2 heterocycles. The topological polar surface area (TPSA) is 80.9 Å². The molecule has 0 saturated carbocycles. The fraction of sp³-hybridized carbons (Fsp3) is 0.176. The maximum Gasteiger partial charge on any atom is 0.226 e. The summed E-state index contributed by atoms with van der Waals surface area (Å²) in [6.45, 7) is 3.64. The van der Waals surface area contributed by atoms with E-state index in [1.165, 1.54) is 35.4 Å². The number of hydrogen-bond donors (Lipinski definition) is 1. The van der Waals surface area contributed by atoms with Crippen molar-refractivity contribution in [2.24, 2.45) is 0 Å². The highest BCUT2D eigenvalue weighted by atomic mass is 32.2. The number of halogens is 1. The van der Waals surface area contributed by atoms with Gasteiger partial charge in [-0.1, -0.05) is 41.3 Å². The molecule has 1 N–H and O–H groups in total. The zero-order chi connectivity index (χ0) is 18.4. The van der Waals surface area contributed by atoms with Crippen molar-refractivity contribution in [1.82, 2.24) is 15.2 Å². The monoisotopic (exact) mass is 390 g/mol. The van der Waals surface area contributed by atoms with Gasteiger partial charge in [0.1, 0.15) is 5.82 Å². The zero-order valence-corrected chi connectivity index (χ0v) is 15.3. The van der Waals surface area contributed by atoms with Gasteiger partial charge in [0.15, 0.2) is 16.0 Å². The van der Waals surface area contributed by atoms with Crippen molar-refractivity contribution in [3.63, 3.8) is 0 Å². The summed E-state index contributed by atoms with van der Waals surface area (Å²) in [6, 6.07) is 6.30. The smallest absolute Gasteiger partial charge is 0.226 e. The Morgan fingerprint density at radius 3 is 3.04 bits per heavy atom. The Labute approximate surface area is 157 Å². The summed E-state index contributed by atoms with van der Waals surface area (Å²) in [5.41, 5.74) is 0.342. The Morgan fingerprint density at radius 2 is 2.23 bits per heavy atom. The van der Waals surface area contributed by atoms with E-state index in [1.807, 2.05) is 0 Å². The van der Waals surface area contributed by atoms with Gasteiger partial charge in [0.05, 0.1) is 11.8 Å². The van der Waals surface area contributed by atoms with Gasteiger partial charge < -0.3 is 9.73 Å². The molecule has 9 heteroatoms. The number of thioether (sulfide) groups is 1. The minimum atomic E-state index is -0.380. The van der Waals surface area contributed by atoms with E-state index in [0.29, 0.717) is 28.8 Å². The summed E-state index contributed by atoms with van der Waals surface area (Å²) in [5.74, 6) is 0.850. The standard InChI is InChI=1S/C17H15FN4O2S2/c1-2-9-25-17-22-21-16(26-17)20-14(23)7-8-15-19-10-13(24-15)11-5-3-4-6-12(11)18/h2-6,10H,1,7-9H2,(H,20,21,23). The van der Waals surface area contributed by atoms with Crippen LogP contribution in [-0.2, 0) is 11.2 Å². The molecule has 1 aromatic carbocycles. The Balaban J connectivity index is 1.53. The highest BCUT2D eigenvalue weighted by Gasteiger charge is 2.13. The number of nitrogens with zero attached hydrogens (tertiary/aromatic N) is 3. The van der Waals surface area contributed by atoms with Crippen LogP contribution < -0.4 is 5.32 Å². The first-order valence-corrected chi connectivity index (χ1v) is 9.52. The van der Waals surface area contributed by atoms with Gasteiger partial charge in [0.2, 0.25) is 11.0 Å². The maximum atomic E-state index is 13.7. The summed E-state index contributed by atoms with van der Waals surface area (Å²) in [7, 11) is 0. The van der Waals surface area contributed by atoms with Crippen molar-refractivity contribution in [2.45, 2.75) is 17.2 Å². The Hall–Kier alpha value is -2.52. The molecule has 6 nitrogen and oxygen atoms in total. The highest BCUT2D eigenvalue weighted by molar-refractivity contribution is 8.01. The van der Waals surface area contributed by atoms with Crippen LogP contribution in [0.15, 0.2) is 51.9 Å². The number of amides is 1. The largest absolute Gasteiger partial charge is 0.441 e. The predicted octanol–water partition coefficient (Wildman–Crippen LogP) is 4.18. The van der Waals surface area contributed by atoms with Crippen LogP contribution in [-0.4, -0.2) is 26.8 Å². The van der Waals surface area contributed by atoms with Crippen LogP contribution in [0.4, 0.5) is 9.52 Å². The Morgan fingerprint density at radius 1 is 1.38 bits per heavy atom. The number of oxazole rings is 1. The van der Waals surface area contributed by atoms with E-state index in [9.17, 15) is 9.18 Å². The van der Waals surface area contributed by atoms with Gasteiger partial charge in [-0.05, 0) is 12.1 Å². The molecule has 2 aromatic heterocycles. The third kappa shape index (κ3) is 4.77. The molecule has 0 unspecified atom stereocenters. The quantitative estimate of drug-likeness (QED) is 0.353. The van der Waals surface area contributed by atoms with Gasteiger partial charge in [0, 0.05) is 18.6 Å². The molecule has 0 atom stereocenters. The predicted molar refractivity (Wildman–Crippen MR) is 99.7 cm³/mol. The maximum absolute atomic E-state index is 13.7. The molecule has 0 aliphatic heterocycles. The number of anilines is 1. The first-order chi connectivity index (χ1) is 12.7. The van der Waals surface area contributed by atoms with E-state index in [2.05, 4.69) is 27.1 Å². The van der Waals surface area contributed by atoms with Crippen molar-refractivity contribution in [3.8, 4) is 11.3 Å². The molecule has 3 rings (SSSR count). The number of aromatic nitrogens is 3. The molecule has 0 fully saturated rings. The lowest BCUT2D eigenvalue weighted by Gasteiger charge is -1.99. The number of carbonyl (C=O) groups excluding carboxylic acids is 1. The molecule has 0 aliphatic rings. The number of rotatable bonds is 8. The van der Waals surface area contributed by atoms with E-state index in [1.54, 1.807) is 24.3 Å². The molecule has 134 valence electrons. The van der Waals surface area contributed by atoms with Gasteiger partial charge in [-0.3, -0.25) is 4.79 Å². The first-order valence-electron chi connectivity index (χ1n) is 7.72. The second-order valence-corrected chi connectivity index (χ2v) is 7.36. The molecule has 0 spiro atoms. The van der Waals surface area contributed by atoms with Crippen molar-refractivity contribution in [3.05, 3.63) is 54.8 Å². The normalized spacial score (nSPS) is 10.7. The average Bonchev–Trinajstić information content (AvgIpc) is 3.28. The third-order valence-electron chi connectivity index (χ3n) is 3.24. The highest BCUT2D eigenvalue weighted by Crippen LogP contribution is 2.26. The summed E-state index contributed by atoms with van der Waals surface area (Å²) < 4.78 is 20.0. The van der Waals surface area contributed by atoms with Crippen LogP contribution in [0, 0.1) is 5.82 Å². The van der Waals surface area contributed by atoms with Gasteiger partial charge in [0.25, 0.3) is 0 Å². The molecule has 0 bridgehead atoms. The summed E-state index contributed by atoms with van der Waals surface area (Å²) in [5, 5.41) is 11.0. The SMILES string of the molecule is C=CCSc1nnc(NC(=O)CCc2ncc(-c3ccccc3F)o2)s1. The number of aryl methyl sites for hydroxylation is 1. The molecule has 0 aliphatic carbocycles. The van der Waals surface area contributed by atoms with Gasteiger partial charge in [-0.25, -0.2) is 9.37 Å². The fourth-order valence-electron chi connectivity index (χ4n) is 2.06. The summed E-state index contributed by atoms with van der Waals surface area (Å²) in [4.78, 5) is 16.1.